The van der Waals surface area contributed by atoms with Crippen molar-refractivity contribution in [2.75, 3.05) is 26.2 Å². The van der Waals surface area contributed by atoms with Crippen LogP contribution in [0.5, 0.6) is 0 Å². The van der Waals surface area contributed by atoms with Gasteiger partial charge in [0.25, 0.3) is 5.91 Å². The molecule has 31 heavy (non-hydrogen) atoms. The van der Waals surface area contributed by atoms with Gasteiger partial charge in [0, 0.05) is 31.7 Å². The number of halogens is 1. The molecule has 162 valence electrons. The first kappa shape index (κ1) is 20.3. The molecule has 2 aliphatic heterocycles. The molecule has 4 heterocycles. The van der Waals surface area contributed by atoms with Crippen molar-refractivity contribution in [3.05, 3.63) is 59.1 Å². The van der Waals surface area contributed by atoms with E-state index >= 15 is 0 Å². The first-order valence-electron chi connectivity index (χ1n) is 10.9. The number of nitrogens with zero attached hydrogens (tertiary/aromatic N) is 5. The van der Waals surface area contributed by atoms with Gasteiger partial charge in [-0.1, -0.05) is 28.9 Å². The van der Waals surface area contributed by atoms with Gasteiger partial charge >= 0.3 is 0 Å². The standard InChI is InChI=1S/C23H26ClN5O2/c24-20-6-2-1-5-19(20)22-8-7-18(31-22)15-27-13-9-17(10-14-27)29-16-21(25-26-29)23(30)28-11-3-4-12-28/h1-2,5-8,16-17H,3-4,9-15H2. The number of likely N-dealkylation sites (tertiary alicyclic amines) is 2. The molecule has 0 radical (unpaired) electrons. The summed E-state index contributed by atoms with van der Waals surface area (Å²) in [5.41, 5.74) is 1.38. The molecule has 3 aromatic rings. The summed E-state index contributed by atoms with van der Waals surface area (Å²) in [4.78, 5) is 16.8. The molecular formula is C23H26ClN5O2. The van der Waals surface area contributed by atoms with Gasteiger partial charge in [0.05, 0.1) is 23.8 Å². The van der Waals surface area contributed by atoms with Crippen LogP contribution in [-0.2, 0) is 6.54 Å². The molecule has 0 aliphatic carbocycles. The molecule has 2 saturated heterocycles. The van der Waals surface area contributed by atoms with Crippen LogP contribution in [-0.4, -0.2) is 56.9 Å². The summed E-state index contributed by atoms with van der Waals surface area (Å²) >= 11 is 6.28. The molecule has 0 bridgehead atoms. The van der Waals surface area contributed by atoms with Crippen LogP contribution in [0, 0.1) is 0 Å². The number of piperidine rings is 1. The maximum Gasteiger partial charge on any atom is 0.276 e. The van der Waals surface area contributed by atoms with Crippen molar-refractivity contribution < 1.29 is 9.21 Å². The second-order valence-electron chi connectivity index (χ2n) is 8.34. The Morgan fingerprint density at radius 3 is 2.61 bits per heavy atom. The molecule has 0 atom stereocenters. The lowest BCUT2D eigenvalue weighted by Crippen LogP contribution is -2.34. The van der Waals surface area contributed by atoms with Gasteiger partial charge in [-0.3, -0.25) is 9.69 Å². The van der Waals surface area contributed by atoms with E-state index in [4.69, 9.17) is 16.0 Å². The second-order valence-corrected chi connectivity index (χ2v) is 8.74. The first-order valence-corrected chi connectivity index (χ1v) is 11.3. The van der Waals surface area contributed by atoms with Crippen LogP contribution in [0.25, 0.3) is 11.3 Å². The molecule has 2 aromatic heterocycles. The third-order valence-electron chi connectivity index (χ3n) is 6.23. The lowest BCUT2D eigenvalue weighted by Gasteiger charge is -2.31. The number of rotatable bonds is 5. The van der Waals surface area contributed by atoms with E-state index in [0.717, 1.165) is 75.5 Å². The van der Waals surface area contributed by atoms with Gasteiger partial charge in [-0.2, -0.15) is 0 Å². The molecule has 0 N–H and O–H groups in total. The van der Waals surface area contributed by atoms with E-state index in [1.807, 2.05) is 52.2 Å². The van der Waals surface area contributed by atoms with Crippen LogP contribution >= 0.6 is 11.6 Å². The summed E-state index contributed by atoms with van der Waals surface area (Å²) < 4.78 is 7.93. The van der Waals surface area contributed by atoms with E-state index in [1.54, 1.807) is 0 Å². The predicted molar refractivity (Wildman–Crippen MR) is 118 cm³/mol. The summed E-state index contributed by atoms with van der Waals surface area (Å²) in [5, 5.41) is 9.09. The molecule has 0 spiro atoms. The number of aromatic nitrogens is 3. The maximum absolute atomic E-state index is 12.5. The number of amides is 1. The Bertz CT molecular complexity index is 1050. The van der Waals surface area contributed by atoms with Gasteiger partial charge in [-0.05, 0) is 49.9 Å². The Morgan fingerprint density at radius 1 is 1.06 bits per heavy atom. The van der Waals surface area contributed by atoms with Crippen molar-refractivity contribution in [3.8, 4) is 11.3 Å². The Balaban J connectivity index is 1.16. The topological polar surface area (TPSA) is 67.4 Å². The van der Waals surface area contributed by atoms with Crippen LogP contribution in [0.15, 0.2) is 47.0 Å². The minimum absolute atomic E-state index is 0.00771. The fourth-order valence-electron chi connectivity index (χ4n) is 4.47. The second kappa shape index (κ2) is 8.85. The van der Waals surface area contributed by atoms with E-state index in [-0.39, 0.29) is 11.9 Å². The molecule has 0 unspecified atom stereocenters. The molecule has 7 nitrogen and oxygen atoms in total. The number of carbonyl (C=O) groups excluding carboxylic acids is 1. The zero-order valence-corrected chi connectivity index (χ0v) is 18.2. The number of hydrogen-bond acceptors (Lipinski definition) is 5. The van der Waals surface area contributed by atoms with Crippen LogP contribution < -0.4 is 0 Å². The fourth-order valence-corrected chi connectivity index (χ4v) is 4.70. The molecule has 8 heteroatoms. The third kappa shape index (κ3) is 4.38. The minimum atomic E-state index is 0.00771. The summed E-state index contributed by atoms with van der Waals surface area (Å²) in [6, 6.07) is 12.0. The van der Waals surface area contributed by atoms with Crippen LogP contribution in [0.4, 0.5) is 0 Å². The fraction of sp³-hybridized carbons (Fsp3) is 0.435. The number of carbonyl (C=O) groups is 1. The largest absolute Gasteiger partial charge is 0.460 e. The lowest BCUT2D eigenvalue weighted by molar-refractivity contribution is 0.0787. The summed E-state index contributed by atoms with van der Waals surface area (Å²) in [6.07, 6.45) is 5.92. The Morgan fingerprint density at radius 2 is 1.84 bits per heavy atom. The Labute approximate surface area is 186 Å². The summed E-state index contributed by atoms with van der Waals surface area (Å²) in [5.74, 6) is 1.74. The predicted octanol–water partition coefficient (Wildman–Crippen LogP) is 4.26. The Kier molecular flexibility index (Phi) is 5.78. The molecule has 1 aromatic carbocycles. The SMILES string of the molecule is O=C(c1cn(C2CCN(Cc3ccc(-c4ccccc4Cl)o3)CC2)nn1)N1CCCC1. The van der Waals surface area contributed by atoms with E-state index in [0.29, 0.717) is 10.7 Å². The highest BCUT2D eigenvalue weighted by Crippen LogP contribution is 2.30. The van der Waals surface area contributed by atoms with Crippen molar-refractivity contribution in [2.45, 2.75) is 38.3 Å². The van der Waals surface area contributed by atoms with Crippen molar-refractivity contribution in [3.63, 3.8) is 0 Å². The van der Waals surface area contributed by atoms with E-state index in [9.17, 15) is 4.79 Å². The van der Waals surface area contributed by atoms with Crippen molar-refractivity contribution >= 4 is 17.5 Å². The highest BCUT2D eigenvalue weighted by Gasteiger charge is 2.26. The van der Waals surface area contributed by atoms with E-state index < -0.39 is 0 Å². The van der Waals surface area contributed by atoms with Crippen molar-refractivity contribution in [1.29, 1.82) is 0 Å². The molecule has 5 rings (SSSR count). The van der Waals surface area contributed by atoms with Gasteiger partial charge < -0.3 is 9.32 Å². The van der Waals surface area contributed by atoms with Gasteiger partial charge in [0.2, 0.25) is 0 Å². The average Bonchev–Trinajstić information content (AvgIpc) is 3.56. The van der Waals surface area contributed by atoms with Crippen molar-refractivity contribution in [1.82, 2.24) is 24.8 Å². The van der Waals surface area contributed by atoms with Crippen LogP contribution in [0.1, 0.15) is 48.0 Å². The number of hydrogen-bond donors (Lipinski definition) is 0. The number of benzene rings is 1. The summed E-state index contributed by atoms with van der Waals surface area (Å²) in [7, 11) is 0. The Hall–Kier alpha value is -2.64. The minimum Gasteiger partial charge on any atom is -0.460 e. The van der Waals surface area contributed by atoms with Gasteiger partial charge in [0.1, 0.15) is 11.5 Å². The maximum atomic E-state index is 12.5. The van der Waals surface area contributed by atoms with Gasteiger partial charge in [0.15, 0.2) is 5.69 Å². The van der Waals surface area contributed by atoms with E-state index in [1.165, 1.54) is 0 Å². The zero-order valence-electron chi connectivity index (χ0n) is 17.4. The van der Waals surface area contributed by atoms with Crippen LogP contribution in [0.3, 0.4) is 0 Å². The van der Waals surface area contributed by atoms with Crippen LogP contribution in [0.2, 0.25) is 5.02 Å². The monoisotopic (exact) mass is 439 g/mol. The highest BCUT2D eigenvalue weighted by molar-refractivity contribution is 6.33. The first-order chi connectivity index (χ1) is 15.2. The normalized spacial score (nSPS) is 18.0. The zero-order chi connectivity index (χ0) is 21.2. The summed E-state index contributed by atoms with van der Waals surface area (Å²) in [6.45, 7) is 4.32. The third-order valence-corrected chi connectivity index (χ3v) is 6.56. The molecule has 2 fully saturated rings. The van der Waals surface area contributed by atoms with Crippen molar-refractivity contribution in [2.24, 2.45) is 0 Å². The lowest BCUT2D eigenvalue weighted by atomic mass is 10.1. The van der Waals surface area contributed by atoms with Gasteiger partial charge in [-0.25, -0.2) is 4.68 Å². The quantitative estimate of drug-likeness (QED) is 0.594. The number of furan rings is 1. The van der Waals surface area contributed by atoms with E-state index in [2.05, 4.69) is 15.2 Å². The smallest absolute Gasteiger partial charge is 0.276 e. The molecule has 1 amide bonds. The molecular weight excluding hydrogens is 414 g/mol. The average molecular weight is 440 g/mol. The molecule has 2 aliphatic rings. The molecule has 0 saturated carbocycles. The van der Waals surface area contributed by atoms with Gasteiger partial charge in [-0.15, -0.1) is 5.10 Å². The highest BCUT2D eigenvalue weighted by atomic mass is 35.5.